The molecule has 1 saturated carbocycles. The molecule has 0 amide bonds. The van der Waals surface area contributed by atoms with Crippen molar-refractivity contribution < 1.29 is 13.2 Å². The van der Waals surface area contributed by atoms with Crippen molar-refractivity contribution in [2.45, 2.75) is 25.4 Å². The summed E-state index contributed by atoms with van der Waals surface area (Å²) in [6.07, 6.45) is -1.46. The predicted octanol–water partition coefficient (Wildman–Crippen LogP) is 3.35. The molecule has 2 aromatic rings. The molecule has 96 valence electrons. The molecule has 1 aliphatic rings. The number of rotatable bonds is 2. The Labute approximate surface area is 106 Å². The van der Waals surface area contributed by atoms with Crippen molar-refractivity contribution in [2.24, 2.45) is 5.92 Å². The van der Waals surface area contributed by atoms with Crippen molar-refractivity contribution in [1.29, 1.82) is 0 Å². The minimum absolute atomic E-state index is 0.117. The summed E-state index contributed by atoms with van der Waals surface area (Å²) in [5.41, 5.74) is 0.942. The van der Waals surface area contributed by atoms with Gasteiger partial charge in [0.05, 0.1) is 0 Å². The first-order chi connectivity index (χ1) is 8.45. The zero-order chi connectivity index (χ0) is 12.9. The van der Waals surface area contributed by atoms with Gasteiger partial charge in [-0.1, -0.05) is 17.7 Å². The average Bonchev–Trinajstić information content (AvgIpc) is 2.96. The average molecular weight is 276 g/mol. The first kappa shape index (κ1) is 11.8. The maximum atomic E-state index is 12.5. The molecular formula is C11H9ClF3N3. The zero-order valence-electron chi connectivity index (χ0n) is 9.21. The lowest BCUT2D eigenvalue weighted by Crippen LogP contribution is -2.07. The van der Waals surface area contributed by atoms with Crippen LogP contribution in [0.4, 0.5) is 13.2 Å². The fourth-order valence-electron chi connectivity index (χ4n) is 1.86. The maximum Gasteiger partial charge on any atom is 0.453 e. The molecule has 0 aliphatic heterocycles. The molecule has 0 aromatic carbocycles. The van der Waals surface area contributed by atoms with E-state index in [1.165, 1.54) is 6.07 Å². The summed E-state index contributed by atoms with van der Waals surface area (Å²) in [6, 6.07) is 3.25. The van der Waals surface area contributed by atoms with Crippen LogP contribution in [0.5, 0.6) is 0 Å². The van der Waals surface area contributed by atoms with Crippen LogP contribution in [0.1, 0.15) is 24.2 Å². The Morgan fingerprint density at radius 1 is 1.33 bits per heavy atom. The molecule has 0 N–H and O–H groups in total. The minimum atomic E-state index is -4.55. The van der Waals surface area contributed by atoms with E-state index in [-0.39, 0.29) is 10.8 Å². The van der Waals surface area contributed by atoms with E-state index in [0.29, 0.717) is 5.92 Å². The third kappa shape index (κ3) is 2.05. The normalized spacial score (nSPS) is 16.4. The summed E-state index contributed by atoms with van der Waals surface area (Å²) in [5.74, 6) is -0.557. The fraction of sp³-hybridized carbons (Fsp3) is 0.455. The number of pyridine rings is 1. The summed E-state index contributed by atoms with van der Waals surface area (Å²) < 4.78 is 38.5. The molecule has 2 aromatic heterocycles. The quantitative estimate of drug-likeness (QED) is 0.787. The van der Waals surface area contributed by atoms with Gasteiger partial charge in [0.25, 0.3) is 5.82 Å². The van der Waals surface area contributed by atoms with E-state index >= 15 is 0 Å². The van der Waals surface area contributed by atoms with Crippen molar-refractivity contribution in [1.82, 2.24) is 14.6 Å². The smallest absolute Gasteiger partial charge is 0.203 e. The van der Waals surface area contributed by atoms with Crippen molar-refractivity contribution in [3.05, 3.63) is 28.7 Å². The molecule has 0 unspecified atom stereocenters. The van der Waals surface area contributed by atoms with Gasteiger partial charge in [0.2, 0.25) is 0 Å². The number of nitrogens with zero attached hydrogens (tertiary/aromatic N) is 3. The summed E-state index contributed by atoms with van der Waals surface area (Å²) in [4.78, 5) is 3.42. The molecule has 3 rings (SSSR count). The van der Waals surface area contributed by atoms with Crippen LogP contribution in [0.3, 0.4) is 0 Å². The van der Waals surface area contributed by atoms with Crippen LogP contribution >= 0.6 is 11.6 Å². The Kier molecular flexibility index (Phi) is 2.52. The Bertz CT molecular complexity index is 601. The minimum Gasteiger partial charge on any atom is -0.203 e. The number of halogens is 4. The van der Waals surface area contributed by atoms with Crippen molar-refractivity contribution in [3.8, 4) is 0 Å². The summed E-state index contributed by atoms with van der Waals surface area (Å²) in [5, 5.41) is 3.64. The molecule has 2 heterocycles. The third-order valence-electron chi connectivity index (χ3n) is 2.98. The van der Waals surface area contributed by atoms with E-state index in [1.807, 2.05) is 0 Å². The van der Waals surface area contributed by atoms with Crippen LogP contribution < -0.4 is 0 Å². The fourth-order valence-corrected chi connectivity index (χ4v) is 2.13. The monoisotopic (exact) mass is 275 g/mol. The second-order valence-corrected chi connectivity index (χ2v) is 4.86. The first-order valence-electron chi connectivity index (χ1n) is 5.56. The Hall–Kier alpha value is -1.30. The van der Waals surface area contributed by atoms with Crippen LogP contribution in [-0.4, -0.2) is 14.6 Å². The first-order valence-corrected chi connectivity index (χ1v) is 5.94. The lowest BCUT2D eigenvalue weighted by atomic mass is 10.1. The molecule has 0 radical (unpaired) electrons. The summed E-state index contributed by atoms with van der Waals surface area (Å²) in [7, 11) is 0. The number of hydrogen-bond donors (Lipinski definition) is 0. The largest absolute Gasteiger partial charge is 0.453 e. The molecular weight excluding hydrogens is 267 g/mol. The highest BCUT2D eigenvalue weighted by atomic mass is 35.5. The Balaban J connectivity index is 2.07. The van der Waals surface area contributed by atoms with Crippen LogP contribution in [0.25, 0.3) is 5.65 Å². The molecule has 1 aliphatic carbocycles. The van der Waals surface area contributed by atoms with Gasteiger partial charge in [0.1, 0.15) is 5.15 Å². The summed E-state index contributed by atoms with van der Waals surface area (Å²) >= 11 is 6.07. The highest BCUT2D eigenvalue weighted by molar-refractivity contribution is 6.30. The Morgan fingerprint density at radius 3 is 2.67 bits per heavy atom. The van der Waals surface area contributed by atoms with Gasteiger partial charge < -0.3 is 0 Å². The number of aromatic nitrogens is 3. The van der Waals surface area contributed by atoms with Gasteiger partial charge in [0, 0.05) is 0 Å². The van der Waals surface area contributed by atoms with E-state index in [4.69, 9.17) is 11.6 Å². The predicted molar refractivity (Wildman–Crippen MR) is 59.4 cm³/mol. The lowest BCUT2D eigenvalue weighted by Gasteiger charge is -2.03. The molecule has 0 bridgehead atoms. The standard InChI is InChI=1S/C11H9ClF3N3/c12-9-7(5-6-1-2-6)3-4-8-16-10(11(13,14)15)17-18(8)9/h3-4,6H,1-2,5H2. The van der Waals surface area contributed by atoms with E-state index < -0.39 is 12.0 Å². The number of hydrogen-bond acceptors (Lipinski definition) is 2. The van der Waals surface area contributed by atoms with Gasteiger partial charge in [-0.3, -0.25) is 0 Å². The van der Waals surface area contributed by atoms with E-state index in [9.17, 15) is 13.2 Å². The van der Waals surface area contributed by atoms with E-state index in [1.54, 1.807) is 6.07 Å². The van der Waals surface area contributed by atoms with Gasteiger partial charge in [0.15, 0.2) is 5.65 Å². The third-order valence-corrected chi connectivity index (χ3v) is 3.38. The molecule has 7 heteroatoms. The number of fused-ring (bicyclic) bond motifs is 1. The molecule has 0 spiro atoms. The molecule has 1 fully saturated rings. The van der Waals surface area contributed by atoms with Crippen LogP contribution in [0.2, 0.25) is 5.15 Å². The van der Waals surface area contributed by atoms with E-state index in [2.05, 4.69) is 10.1 Å². The second kappa shape index (κ2) is 3.85. The van der Waals surface area contributed by atoms with Gasteiger partial charge in [-0.15, -0.1) is 5.10 Å². The van der Waals surface area contributed by atoms with Gasteiger partial charge in [-0.25, -0.2) is 9.50 Å². The van der Waals surface area contributed by atoms with Crippen LogP contribution in [0.15, 0.2) is 12.1 Å². The van der Waals surface area contributed by atoms with Crippen LogP contribution in [-0.2, 0) is 12.6 Å². The van der Waals surface area contributed by atoms with Gasteiger partial charge >= 0.3 is 6.18 Å². The molecule has 3 nitrogen and oxygen atoms in total. The van der Waals surface area contributed by atoms with Crippen LogP contribution in [0, 0.1) is 5.92 Å². The molecule has 18 heavy (non-hydrogen) atoms. The molecule has 0 atom stereocenters. The Morgan fingerprint density at radius 2 is 2.06 bits per heavy atom. The van der Waals surface area contributed by atoms with Crippen molar-refractivity contribution in [3.63, 3.8) is 0 Å². The zero-order valence-corrected chi connectivity index (χ0v) is 9.96. The number of alkyl halides is 3. The maximum absolute atomic E-state index is 12.5. The van der Waals surface area contributed by atoms with Gasteiger partial charge in [-0.05, 0) is 36.8 Å². The second-order valence-electron chi connectivity index (χ2n) is 4.50. The molecule has 0 saturated heterocycles. The highest BCUT2D eigenvalue weighted by Crippen LogP contribution is 2.35. The van der Waals surface area contributed by atoms with Gasteiger partial charge in [-0.2, -0.15) is 13.2 Å². The summed E-state index contributed by atoms with van der Waals surface area (Å²) in [6.45, 7) is 0. The van der Waals surface area contributed by atoms with Crippen molar-refractivity contribution >= 4 is 17.2 Å². The SMILES string of the molecule is FC(F)(F)c1nc2ccc(CC3CC3)c(Cl)n2n1. The lowest BCUT2D eigenvalue weighted by molar-refractivity contribution is -0.144. The van der Waals surface area contributed by atoms with E-state index in [0.717, 1.165) is 29.3 Å². The van der Waals surface area contributed by atoms with Crippen molar-refractivity contribution in [2.75, 3.05) is 0 Å². The topological polar surface area (TPSA) is 30.2 Å². The highest BCUT2D eigenvalue weighted by Gasteiger charge is 2.36.